The van der Waals surface area contributed by atoms with Gasteiger partial charge in [-0.25, -0.2) is 4.98 Å². The number of rotatable bonds is 9. The van der Waals surface area contributed by atoms with Crippen LogP contribution in [0, 0.1) is 10.1 Å². The third-order valence-corrected chi connectivity index (χ3v) is 2.87. The van der Waals surface area contributed by atoms with Crippen LogP contribution in [0.2, 0.25) is 0 Å². The second kappa shape index (κ2) is 8.35. The molecule has 0 saturated carbocycles. The predicted octanol–water partition coefficient (Wildman–Crippen LogP) is 3.44. The molecule has 6 heteroatoms. The number of pyridine rings is 1. The largest absolute Gasteiger partial charge is 0.370 e. The molecule has 0 aromatic carbocycles. The minimum Gasteiger partial charge on any atom is -0.370 e. The van der Waals surface area contributed by atoms with E-state index in [1.807, 2.05) is 6.92 Å². The van der Waals surface area contributed by atoms with Gasteiger partial charge in [0, 0.05) is 19.6 Å². The molecule has 0 saturated heterocycles. The minimum absolute atomic E-state index is 0.0887. The van der Waals surface area contributed by atoms with Gasteiger partial charge in [-0.05, 0) is 19.3 Å². The summed E-state index contributed by atoms with van der Waals surface area (Å²) in [7, 11) is 0. The Labute approximate surface area is 120 Å². The minimum atomic E-state index is -0.363. The zero-order valence-corrected chi connectivity index (χ0v) is 12.6. The van der Waals surface area contributed by atoms with Gasteiger partial charge in [0.25, 0.3) is 5.69 Å². The van der Waals surface area contributed by atoms with Crippen molar-refractivity contribution >= 4 is 17.3 Å². The van der Waals surface area contributed by atoms with Gasteiger partial charge in [0.1, 0.15) is 11.6 Å². The van der Waals surface area contributed by atoms with Gasteiger partial charge in [-0.3, -0.25) is 10.1 Å². The van der Waals surface area contributed by atoms with Crippen LogP contribution in [0.15, 0.2) is 12.1 Å². The average Bonchev–Trinajstić information content (AvgIpc) is 2.44. The normalized spacial score (nSPS) is 10.3. The molecule has 112 valence electrons. The maximum atomic E-state index is 11.0. The number of aromatic nitrogens is 1. The first-order valence-electron chi connectivity index (χ1n) is 7.27. The molecule has 1 N–H and O–H groups in total. The molecule has 0 bridgehead atoms. The lowest BCUT2D eigenvalue weighted by atomic mass is 10.3. The second-order valence-corrected chi connectivity index (χ2v) is 4.74. The Morgan fingerprint density at radius 3 is 2.35 bits per heavy atom. The number of nitro groups is 1. The third kappa shape index (κ3) is 4.68. The van der Waals surface area contributed by atoms with E-state index in [1.165, 1.54) is 6.07 Å². The topological polar surface area (TPSA) is 71.3 Å². The molecule has 0 radical (unpaired) electrons. The molecule has 0 unspecified atom stereocenters. The highest BCUT2D eigenvalue weighted by atomic mass is 16.6. The Morgan fingerprint density at radius 2 is 1.85 bits per heavy atom. The molecular formula is C14H24N4O2. The highest BCUT2D eigenvalue weighted by Gasteiger charge is 2.15. The van der Waals surface area contributed by atoms with E-state index in [4.69, 9.17) is 0 Å². The van der Waals surface area contributed by atoms with Gasteiger partial charge in [0.2, 0.25) is 0 Å². The van der Waals surface area contributed by atoms with Gasteiger partial charge in [0.05, 0.1) is 17.1 Å². The first kappa shape index (κ1) is 16.2. The van der Waals surface area contributed by atoms with Gasteiger partial charge >= 0.3 is 0 Å². The van der Waals surface area contributed by atoms with Gasteiger partial charge in [-0.2, -0.15) is 0 Å². The fourth-order valence-electron chi connectivity index (χ4n) is 1.99. The molecule has 20 heavy (non-hydrogen) atoms. The Kier molecular flexibility index (Phi) is 6.76. The van der Waals surface area contributed by atoms with Crippen molar-refractivity contribution in [2.75, 3.05) is 29.9 Å². The van der Waals surface area contributed by atoms with Crippen molar-refractivity contribution in [2.45, 2.75) is 40.0 Å². The lowest BCUT2D eigenvalue weighted by Gasteiger charge is -2.23. The van der Waals surface area contributed by atoms with Crippen molar-refractivity contribution in [1.29, 1.82) is 0 Å². The summed E-state index contributed by atoms with van der Waals surface area (Å²) in [5.41, 5.74) is 0.0887. The SMILES string of the molecule is CCCNc1cc([N+](=O)[O-])cc(N(CCC)CCC)n1. The van der Waals surface area contributed by atoms with Crippen molar-refractivity contribution in [3.8, 4) is 0 Å². The second-order valence-electron chi connectivity index (χ2n) is 4.74. The molecule has 0 amide bonds. The molecular weight excluding hydrogens is 256 g/mol. The quantitative estimate of drug-likeness (QED) is 0.554. The zero-order chi connectivity index (χ0) is 15.0. The Morgan fingerprint density at radius 1 is 1.20 bits per heavy atom. The van der Waals surface area contributed by atoms with E-state index in [0.717, 1.165) is 38.9 Å². The molecule has 1 heterocycles. The van der Waals surface area contributed by atoms with Crippen LogP contribution in [0.5, 0.6) is 0 Å². The summed E-state index contributed by atoms with van der Waals surface area (Å²) in [4.78, 5) is 17.3. The van der Waals surface area contributed by atoms with Crippen LogP contribution in [0.1, 0.15) is 40.0 Å². The van der Waals surface area contributed by atoms with Crippen LogP contribution in [0.3, 0.4) is 0 Å². The molecule has 6 nitrogen and oxygen atoms in total. The van der Waals surface area contributed by atoms with E-state index in [2.05, 4.69) is 29.0 Å². The maximum absolute atomic E-state index is 11.0. The fourth-order valence-corrected chi connectivity index (χ4v) is 1.99. The van der Waals surface area contributed by atoms with Crippen molar-refractivity contribution < 1.29 is 4.92 Å². The van der Waals surface area contributed by atoms with Crippen LogP contribution >= 0.6 is 0 Å². The first-order chi connectivity index (χ1) is 9.62. The molecule has 0 aliphatic heterocycles. The number of hydrogen-bond acceptors (Lipinski definition) is 5. The monoisotopic (exact) mass is 280 g/mol. The van der Waals surface area contributed by atoms with E-state index >= 15 is 0 Å². The van der Waals surface area contributed by atoms with E-state index in [0.29, 0.717) is 11.6 Å². The smallest absolute Gasteiger partial charge is 0.276 e. The standard InChI is InChI=1S/C14H24N4O2/c1-4-7-15-13-10-12(18(19)20)11-14(16-13)17(8-5-2)9-6-3/h10-11H,4-9H2,1-3H3,(H,15,16). The highest BCUT2D eigenvalue weighted by molar-refractivity contribution is 5.55. The van der Waals surface area contributed by atoms with Crippen LogP contribution in [-0.2, 0) is 0 Å². The molecule has 0 aliphatic rings. The number of anilines is 2. The van der Waals surface area contributed by atoms with Crippen LogP contribution in [-0.4, -0.2) is 29.5 Å². The lowest BCUT2D eigenvalue weighted by Crippen LogP contribution is -2.26. The lowest BCUT2D eigenvalue weighted by molar-refractivity contribution is -0.384. The third-order valence-electron chi connectivity index (χ3n) is 2.87. The Balaban J connectivity index is 3.07. The van der Waals surface area contributed by atoms with E-state index < -0.39 is 0 Å². The van der Waals surface area contributed by atoms with Crippen molar-refractivity contribution in [2.24, 2.45) is 0 Å². The summed E-state index contributed by atoms with van der Waals surface area (Å²) >= 11 is 0. The van der Waals surface area contributed by atoms with Crippen molar-refractivity contribution in [1.82, 2.24) is 4.98 Å². The summed E-state index contributed by atoms with van der Waals surface area (Å²) in [5, 5.41) is 14.2. The van der Waals surface area contributed by atoms with Gasteiger partial charge in [-0.15, -0.1) is 0 Å². The molecule has 1 rings (SSSR count). The molecule has 0 atom stereocenters. The number of nitrogens with one attached hydrogen (secondary N) is 1. The van der Waals surface area contributed by atoms with E-state index in [1.54, 1.807) is 6.07 Å². The Bertz CT molecular complexity index is 431. The molecule has 0 fully saturated rings. The summed E-state index contributed by atoms with van der Waals surface area (Å²) in [6, 6.07) is 3.05. The van der Waals surface area contributed by atoms with Crippen LogP contribution in [0.4, 0.5) is 17.3 Å². The van der Waals surface area contributed by atoms with Gasteiger partial charge in [0.15, 0.2) is 0 Å². The maximum Gasteiger partial charge on any atom is 0.276 e. The molecule has 1 aromatic rings. The zero-order valence-electron chi connectivity index (χ0n) is 12.6. The molecule has 1 aromatic heterocycles. The predicted molar refractivity (Wildman–Crippen MR) is 82.5 cm³/mol. The Hall–Kier alpha value is -1.85. The van der Waals surface area contributed by atoms with Gasteiger partial charge in [-0.1, -0.05) is 20.8 Å². The van der Waals surface area contributed by atoms with Crippen molar-refractivity contribution in [3.63, 3.8) is 0 Å². The number of nitrogens with zero attached hydrogens (tertiary/aromatic N) is 3. The highest BCUT2D eigenvalue weighted by Crippen LogP contribution is 2.23. The van der Waals surface area contributed by atoms with E-state index in [9.17, 15) is 10.1 Å². The summed E-state index contributed by atoms with van der Waals surface area (Å²) in [5.74, 6) is 1.26. The van der Waals surface area contributed by atoms with E-state index in [-0.39, 0.29) is 10.6 Å². The first-order valence-corrected chi connectivity index (χ1v) is 7.27. The average molecular weight is 280 g/mol. The van der Waals surface area contributed by atoms with Crippen LogP contribution < -0.4 is 10.2 Å². The summed E-state index contributed by atoms with van der Waals surface area (Å²) in [6.45, 7) is 8.71. The fraction of sp³-hybridized carbons (Fsp3) is 0.643. The molecule has 0 aliphatic carbocycles. The summed E-state index contributed by atoms with van der Waals surface area (Å²) in [6.07, 6.45) is 2.93. The summed E-state index contributed by atoms with van der Waals surface area (Å²) < 4.78 is 0. The molecule has 0 spiro atoms. The van der Waals surface area contributed by atoms with Crippen LogP contribution in [0.25, 0.3) is 0 Å². The van der Waals surface area contributed by atoms with Crippen molar-refractivity contribution in [3.05, 3.63) is 22.2 Å². The van der Waals surface area contributed by atoms with Gasteiger partial charge < -0.3 is 10.2 Å². The number of hydrogen-bond donors (Lipinski definition) is 1.